The van der Waals surface area contributed by atoms with E-state index in [1.54, 1.807) is 0 Å². The maximum absolute atomic E-state index is 11.8. The summed E-state index contributed by atoms with van der Waals surface area (Å²) < 4.78 is 60.2. The van der Waals surface area contributed by atoms with Gasteiger partial charge in [-0.1, -0.05) is 18.2 Å². The first-order valence-electron chi connectivity index (χ1n) is 5.55. The maximum atomic E-state index is 11.8. The molecule has 1 aromatic carbocycles. The number of hydrogen-bond donors (Lipinski definition) is 1. The first kappa shape index (κ1) is 16.3. The second kappa shape index (κ2) is 6.60. The van der Waals surface area contributed by atoms with Crippen molar-refractivity contribution in [3.05, 3.63) is 30.3 Å². The summed E-state index contributed by atoms with van der Waals surface area (Å²) in [6.45, 7) is 0.888. The second-order valence-corrected chi connectivity index (χ2v) is 5.29. The molecule has 9 heteroatoms. The summed E-state index contributed by atoms with van der Waals surface area (Å²) in [7, 11) is -5.55. The molecule has 1 heterocycles. The number of alkyl halides is 3. The van der Waals surface area contributed by atoms with Crippen molar-refractivity contribution in [3.63, 3.8) is 0 Å². The van der Waals surface area contributed by atoms with Gasteiger partial charge in [0.2, 0.25) is 5.91 Å². The van der Waals surface area contributed by atoms with E-state index in [-0.39, 0.29) is 11.7 Å². The number of benzene rings is 1. The Morgan fingerprint density at radius 1 is 1.15 bits per heavy atom. The smallest absolute Gasteiger partial charge is 0.376 e. The number of carbonyl (C=O) groups excluding carboxylic acids is 1. The maximum Gasteiger partial charge on any atom is 0.534 e. The van der Waals surface area contributed by atoms with Crippen LogP contribution >= 0.6 is 0 Å². The molecule has 1 N–H and O–H groups in total. The van der Waals surface area contributed by atoms with Gasteiger partial charge in [0.05, 0.1) is 0 Å². The summed E-state index contributed by atoms with van der Waals surface area (Å²) in [5.41, 5.74) is -5.40. The molecule has 0 saturated carbocycles. The summed E-state index contributed by atoms with van der Waals surface area (Å²) in [6, 6.07) is 6.47. The monoisotopic (exact) mass is 311 g/mol. The van der Waals surface area contributed by atoms with E-state index >= 15 is 0 Å². The van der Waals surface area contributed by atoms with Gasteiger partial charge in [-0.05, 0) is 18.6 Å². The number of halogens is 3. The lowest BCUT2D eigenvalue weighted by Gasteiger charge is -2.08. The lowest BCUT2D eigenvalue weighted by atomic mass is 10.3. The molecule has 0 bridgehead atoms. The molecule has 0 atom stereocenters. The summed E-state index contributed by atoms with van der Waals surface area (Å²) in [6.07, 6.45) is 1.76. The highest BCUT2D eigenvalue weighted by atomic mass is 32.2. The number of carbonyl (C=O) groups is 1. The zero-order chi connectivity index (χ0) is 15.2. The van der Waals surface area contributed by atoms with Crippen LogP contribution in [0.15, 0.2) is 30.3 Å². The Labute approximate surface area is 113 Å². The van der Waals surface area contributed by atoms with Gasteiger partial charge < -0.3 is 9.50 Å². The van der Waals surface area contributed by atoms with Crippen molar-refractivity contribution in [3.8, 4) is 5.75 Å². The summed E-state index contributed by atoms with van der Waals surface area (Å²) in [5.74, 6) is -0.167. The number of nitrogens with one attached hydrogen (secondary N) is 1. The zero-order valence-corrected chi connectivity index (χ0v) is 11.0. The third-order valence-corrected chi connectivity index (χ3v) is 3.11. The minimum Gasteiger partial charge on any atom is -0.376 e. The molecule has 20 heavy (non-hydrogen) atoms. The summed E-state index contributed by atoms with van der Waals surface area (Å²) >= 11 is 0. The molecule has 0 spiro atoms. The molecule has 5 nitrogen and oxygen atoms in total. The lowest BCUT2D eigenvalue weighted by molar-refractivity contribution is -0.119. The van der Waals surface area contributed by atoms with Gasteiger partial charge in [0.25, 0.3) is 0 Å². The van der Waals surface area contributed by atoms with Crippen LogP contribution < -0.4 is 9.50 Å². The van der Waals surface area contributed by atoms with Crippen molar-refractivity contribution < 1.29 is 30.6 Å². The van der Waals surface area contributed by atoms with E-state index in [0.29, 0.717) is 0 Å². The van der Waals surface area contributed by atoms with Crippen LogP contribution in [0.3, 0.4) is 0 Å². The fourth-order valence-electron chi connectivity index (χ4n) is 1.22. The minimum atomic E-state index is -5.55. The Morgan fingerprint density at radius 2 is 1.75 bits per heavy atom. The molecule has 2 rings (SSSR count). The normalized spacial score (nSPS) is 15.1. The van der Waals surface area contributed by atoms with Crippen LogP contribution in [-0.4, -0.2) is 26.4 Å². The van der Waals surface area contributed by atoms with Gasteiger partial charge in [-0.3, -0.25) is 4.79 Å². The lowest BCUT2D eigenvalue weighted by Crippen LogP contribution is -2.27. The van der Waals surface area contributed by atoms with Gasteiger partial charge in [-0.2, -0.15) is 21.6 Å². The third-order valence-electron chi connectivity index (χ3n) is 2.14. The van der Waals surface area contributed by atoms with Crippen LogP contribution in [0, 0.1) is 0 Å². The highest BCUT2D eigenvalue weighted by molar-refractivity contribution is 7.87. The van der Waals surface area contributed by atoms with E-state index in [9.17, 15) is 26.4 Å². The van der Waals surface area contributed by atoms with E-state index in [1.165, 1.54) is 18.2 Å². The van der Waals surface area contributed by atoms with Crippen molar-refractivity contribution >= 4 is 16.0 Å². The molecule has 0 unspecified atom stereocenters. The Hall–Kier alpha value is -1.77. The second-order valence-electron chi connectivity index (χ2n) is 3.75. The molecule has 1 aromatic rings. The standard InChI is InChI=1S/C7H5F3O3S.C4H7NO/c8-7(9,10)14(11,12)13-6-4-2-1-3-5-6;6-4-2-1-3-5-4/h1-5H;1-3H2,(H,5,6). The van der Waals surface area contributed by atoms with Crippen LogP contribution in [0.4, 0.5) is 13.2 Å². The quantitative estimate of drug-likeness (QED) is 0.668. The molecule has 112 valence electrons. The van der Waals surface area contributed by atoms with E-state index in [1.807, 2.05) is 0 Å². The van der Waals surface area contributed by atoms with Crippen LogP contribution in [0.2, 0.25) is 0 Å². The van der Waals surface area contributed by atoms with Gasteiger partial charge in [-0.15, -0.1) is 0 Å². The van der Waals surface area contributed by atoms with E-state index < -0.39 is 15.6 Å². The van der Waals surface area contributed by atoms with Crippen LogP contribution in [0.25, 0.3) is 0 Å². The average molecular weight is 311 g/mol. The number of para-hydroxylation sites is 1. The molecule has 1 aliphatic heterocycles. The largest absolute Gasteiger partial charge is 0.534 e. The SMILES string of the molecule is O=C1CCCN1.O=S(=O)(Oc1ccccc1)C(F)(F)F. The number of rotatable bonds is 2. The summed E-state index contributed by atoms with van der Waals surface area (Å²) in [5, 5.41) is 2.68. The van der Waals surface area contributed by atoms with Crippen molar-refractivity contribution in [1.82, 2.24) is 5.32 Å². The molecule has 0 radical (unpaired) electrons. The molecule has 1 aliphatic rings. The Balaban J connectivity index is 0.000000276. The van der Waals surface area contributed by atoms with E-state index in [2.05, 4.69) is 9.50 Å². The molecular formula is C11H12F3NO4S. The predicted molar refractivity (Wildman–Crippen MR) is 64.3 cm³/mol. The molecular weight excluding hydrogens is 299 g/mol. The molecule has 1 fully saturated rings. The molecule has 1 amide bonds. The van der Waals surface area contributed by atoms with Gasteiger partial charge in [0.15, 0.2) is 0 Å². The van der Waals surface area contributed by atoms with Gasteiger partial charge >= 0.3 is 15.6 Å². The highest BCUT2D eigenvalue weighted by Gasteiger charge is 2.48. The van der Waals surface area contributed by atoms with Crippen LogP contribution in [0.5, 0.6) is 5.75 Å². The van der Waals surface area contributed by atoms with Gasteiger partial charge in [0.1, 0.15) is 5.75 Å². The number of amides is 1. The van der Waals surface area contributed by atoms with E-state index in [0.717, 1.165) is 31.5 Å². The first-order valence-corrected chi connectivity index (χ1v) is 6.96. The fourth-order valence-corrected chi connectivity index (χ4v) is 1.67. The first-order chi connectivity index (χ1) is 9.22. The van der Waals surface area contributed by atoms with Crippen molar-refractivity contribution in [2.24, 2.45) is 0 Å². The molecule has 0 aromatic heterocycles. The summed E-state index contributed by atoms with van der Waals surface area (Å²) in [4.78, 5) is 10.1. The molecule has 1 saturated heterocycles. The third kappa shape index (κ3) is 5.08. The molecule has 0 aliphatic carbocycles. The van der Waals surface area contributed by atoms with Crippen LogP contribution in [-0.2, 0) is 14.9 Å². The predicted octanol–water partition coefficient (Wildman–Crippen LogP) is 1.81. The Bertz CT molecular complexity index is 535. The minimum absolute atomic E-state index is 0.204. The Kier molecular flexibility index (Phi) is 5.37. The average Bonchev–Trinajstić information content (AvgIpc) is 2.80. The van der Waals surface area contributed by atoms with E-state index in [4.69, 9.17) is 0 Å². The van der Waals surface area contributed by atoms with Gasteiger partial charge in [-0.25, -0.2) is 0 Å². The van der Waals surface area contributed by atoms with Gasteiger partial charge in [0, 0.05) is 13.0 Å². The topological polar surface area (TPSA) is 72.5 Å². The number of hydrogen-bond acceptors (Lipinski definition) is 4. The fraction of sp³-hybridized carbons (Fsp3) is 0.364. The van der Waals surface area contributed by atoms with Crippen molar-refractivity contribution in [1.29, 1.82) is 0 Å². The van der Waals surface area contributed by atoms with Crippen molar-refractivity contribution in [2.45, 2.75) is 18.3 Å². The zero-order valence-electron chi connectivity index (χ0n) is 10.2. The highest BCUT2D eigenvalue weighted by Crippen LogP contribution is 2.26. The van der Waals surface area contributed by atoms with Crippen LogP contribution in [0.1, 0.15) is 12.8 Å². The van der Waals surface area contributed by atoms with Crippen molar-refractivity contribution in [2.75, 3.05) is 6.54 Å². The Morgan fingerprint density at radius 3 is 2.10 bits per heavy atom.